The summed E-state index contributed by atoms with van der Waals surface area (Å²) in [5.74, 6) is -1.05. The molecule has 2 aliphatic rings. The molecule has 0 spiro atoms. The van der Waals surface area contributed by atoms with Crippen LogP contribution in [0.3, 0.4) is 0 Å². The van der Waals surface area contributed by atoms with Crippen LogP contribution < -0.4 is 5.32 Å². The first-order chi connectivity index (χ1) is 15.1. The maximum absolute atomic E-state index is 13.9. The Hall–Kier alpha value is -3.77. The molecule has 2 saturated heterocycles. The van der Waals surface area contributed by atoms with Crippen molar-refractivity contribution in [2.45, 2.75) is 18.0 Å². The van der Waals surface area contributed by atoms with Gasteiger partial charge in [0, 0.05) is 18.5 Å². The predicted octanol–water partition coefficient (Wildman–Crippen LogP) is 3.04. The number of nitrogens with zero attached hydrogens (tertiary/aromatic N) is 2. The summed E-state index contributed by atoms with van der Waals surface area (Å²) in [7, 11) is 0. The third-order valence-corrected chi connectivity index (χ3v) is 5.98. The Morgan fingerprint density at radius 3 is 2.06 bits per heavy atom. The second-order valence-electron chi connectivity index (χ2n) is 7.73. The molecule has 5 rings (SSSR count). The van der Waals surface area contributed by atoms with Gasteiger partial charge in [-0.2, -0.15) is 5.01 Å². The molecule has 154 valence electrons. The fourth-order valence-electron chi connectivity index (χ4n) is 4.62. The number of rotatable bonds is 4. The molecular formula is C25H21N3O3. The molecule has 2 heterocycles. The van der Waals surface area contributed by atoms with E-state index in [0.717, 1.165) is 5.56 Å². The number of carbonyl (C=O) groups is 3. The summed E-state index contributed by atoms with van der Waals surface area (Å²) in [6, 6.07) is 27.0. The monoisotopic (exact) mass is 411 g/mol. The first-order valence-electron chi connectivity index (χ1n) is 10.2. The number of fused-ring (bicyclic) bond motifs is 1. The molecule has 6 heteroatoms. The summed E-state index contributed by atoms with van der Waals surface area (Å²) < 4.78 is 0. The quantitative estimate of drug-likeness (QED) is 0.670. The molecule has 2 atom stereocenters. The van der Waals surface area contributed by atoms with E-state index in [9.17, 15) is 14.4 Å². The molecule has 0 aromatic heterocycles. The number of amides is 3. The Balaban J connectivity index is 1.72. The normalized spacial score (nSPS) is 23.1. The van der Waals surface area contributed by atoms with E-state index in [1.54, 1.807) is 29.3 Å². The van der Waals surface area contributed by atoms with Crippen molar-refractivity contribution in [3.63, 3.8) is 0 Å². The van der Waals surface area contributed by atoms with Gasteiger partial charge in [-0.1, -0.05) is 78.9 Å². The highest BCUT2D eigenvalue weighted by atomic mass is 16.2. The largest absolute Gasteiger partial charge is 0.332 e. The van der Waals surface area contributed by atoms with Gasteiger partial charge in [-0.3, -0.25) is 14.4 Å². The number of benzene rings is 3. The fourth-order valence-corrected chi connectivity index (χ4v) is 4.62. The van der Waals surface area contributed by atoms with Gasteiger partial charge < -0.3 is 5.32 Å². The van der Waals surface area contributed by atoms with E-state index in [2.05, 4.69) is 5.32 Å². The molecule has 0 radical (unpaired) electrons. The standard InChI is InChI=1S/C25H21N3O3/c29-21-16-17-27-22(18-10-4-1-5-11-18)25(24(31)28(21)27,20-14-8-3-9-15-20)26-23(30)19-12-6-2-7-13-19/h1-15,22H,16-17H2,(H,26,30). The van der Waals surface area contributed by atoms with Crippen LogP contribution in [0.2, 0.25) is 0 Å². The lowest BCUT2D eigenvalue weighted by molar-refractivity contribution is -0.150. The highest BCUT2D eigenvalue weighted by molar-refractivity contribution is 6.07. The average Bonchev–Trinajstić information content (AvgIpc) is 3.31. The summed E-state index contributed by atoms with van der Waals surface area (Å²) in [5, 5.41) is 6.06. The van der Waals surface area contributed by atoms with Crippen LogP contribution in [-0.2, 0) is 15.1 Å². The molecule has 0 aliphatic carbocycles. The molecule has 3 aromatic rings. The topological polar surface area (TPSA) is 69.7 Å². The van der Waals surface area contributed by atoms with Crippen LogP contribution in [-0.4, -0.2) is 34.3 Å². The molecule has 3 amide bonds. The lowest BCUT2D eigenvalue weighted by atomic mass is 9.79. The van der Waals surface area contributed by atoms with Crippen molar-refractivity contribution in [3.05, 3.63) is 108 Å². The van der Waals surface area contributed by atoms with Crippen LogP contribution >= 0.6 is 0 Å². The smallest absolute Gasteiger partial charge is 0.276 e. The van der Waals surface area contributed by atoms with Crippen molar-refractivity contribution in [2.24, 2.45) is 0 Å². The van der Waals surface area contributed by atoms with Crippen molar-refractivity contribution < 1.29 is 14.4 Å². The van der Waals surface area contributed by atoms with Gasteiger partial charge in [-0.05, 0) is 23.3 Å². The molecule has 2 fully saturated rings. The molecule has 3 aromatic carbocycles. The van der Waals surface area contributed by atoms with Crippen LogP contribution in [0.5, 0.6) is 0 Å². The number of hydrogen-bond acceptors (Lipinski definition) is 4. The first-order valence-corrected chi connectivity index (χ1v) is 10.2. The van der Waals surface area contributed by atoms with E-state index in [1.165, 1.54) is 5.01 Å². The fraction of sp³-hybridized carbons (Fsp3) is 0.160. The summed E-state index contributed by atoms with van der Waals surface area (Å²) in [4.78, 5) is 39.9. The van der Waals surface area contributed by atoms with E-state index in [1.807, 2.05) is 66.7 Å². The SMILES string of the molecule is O=C(NC1(c2ccccc2)C(=O)N2C(=O)CCN2C1c1ccccc1)c1ccccc1. The maximum atomic E-state index is 13.9. The van der Waals surface area contributed by atoms with Gasteiger partial charge in [0.05, 0.1) is 6.04 Å². The van der Waals surface area contributed by atoms with E-state index in [4.69, 9.17) is 0 Å². The average molecular weight is 411 g/mol. The van der Waals surface area contributed by atoms with Crippen LogP contribution in [0.25, 0.3) is 0 Å². The van der Waals surface area contributed by atoms with Crippen LogP contribution in [0.4, 0.5) is 0 Å². The Morgan fingerprint density at radius 2 is 1.42 bits per heavy atom. The molecule has 0 bridgehead atoms. The molecule has 1 N–H and O–H groups in total. The lowest BCUT2D eigenvalue weighted by Crippen LogP contribution is -2.55. The summed E-state index contributed by atoms with van der Waals surface area (Å²) in [6.07, 6.45) is 0.270. The second kappa shape index (κ2) is 7.49. The molecular weight excluding hydrogens is 390 g/mol. The maximum Gasteiger partial charge on any atom is 0.276 e. The Morgan fingerprint density at radius 1 is 0.839 bits per heavy atom. The molecule has 6 nitrogen and oxygen atoms in total. The Bertz CT molecular complexity index is 1130. The summed E-state index contributed by atoms with van der Waals surface area (Å²) in [5.41, 5.74) is 0.502. The third kappa shape index (κ3) is 2.95. The Labute approximate surface area is 180 Å². The molecule has 2 unspecified atom stereocenters. The highest BCUT2D eigenvalue weighted by Crippen LogP contribution is 2.49. The van der Waals surface area contributed by atoms with Crippen molar-refractivity contribution in [2.75, 3.05) is 6.54 Å². The molecule has 2 aliphatic heterocycles. The van der Waals surface area contributed by atoms with Gasteiger partial charge in [0.15, 0.2) is 5.54 Å². The van der Waals surface area contributed by atoms with Crippen molar-refractivity contribution >= 4 is 17.7 Å². The van der Waals surface area contributed by atoms with Crippen molar-refractivity contribution in [3.8, 4) is 0 Å². The van der Waals surface area contributed by atoms with Crippen LogP contribution in [0.1, 0.15) is 33.9 Å². The molecule has 31 heavy (non-hydrogen) atoms. The zero-order chi connectivity index (χ0) is 21.4. The van der Waals surface area contributed by atoms with Crippen molar-refractivity contribution in [1.29, 1.82) is 0 Å². The van der Waals surface area contributed by atoms with E-state index in [-0.39, 0.29) is 18.2 Å². The van der Waals surface area contributed by atoms with Crippen LogP contribution in [0.15, 0.2) is 91.0 Å². The number of carbonyl (C=O) groups excluding carboxylic acids is 3. The third-order valence-electron chi connectivity index (χ3n) is 5.98. The minimum Gasteiger partial charge on any atom is -0.332 e. The van der Waals surface area contributed by atoms with E-state index in [0.29, 0.717) is 17.7 Å². The van der Waals surface area contributed by atoms with Gasteiger partial charge in [-0.15, -0.1) is 0 Å². The predicted molar refractivity (Wildman–Crippen MR) is 114 cm³/mol. The van der Waals surface area contributed by atoms with E-state index >= 15 is 0 Å². The van der Waals surface area contributed by atoms with Gasteiger partial charge >= 0.3 is 0 Å². The second-order valence-corrected chi connectivity index (χ2v) is 7.73. The highest BCUT2D eigenvalue weighted by Gasteiger charge is 2.64. The van der Waals surface area contributed by atoms with Crippen LogP contribution in [0, 0.1) is 0 Å². The lowest BCUT2D eigenvalue weighted by Gasteiger charge is -2.36. The van der Waals surface area contributed by atoms with Crippen molar-refractivity contribution in [1.82, 2.24) is 15.3 Å². The number of hydrazine groups is 1. The minimum absolute atomic E-state index is 0.252. The van der Waals surface area contributed by atoms with Gasteiger partial charge in [0.25, 0.3) is 11.8 Å². The zero-order valence-electron chi connectivity index (χ0n) is 16.8. The number of nitrogens with one attached hydrogen (secondary N) is 1. The van der Waals surface area contributed by atoms with E-state index < -0.39 is 17.5 Å². The van der Waals surface area contributed by atoms with Gasteiger partial charge in [0.2, 0.25) is 5.91 Å². The Kier molecular flexibility index (Phi) is 4.64. The molecule has 0 saturated carbocycles. The van der Waals surface area contributed by atoms with Gasteiger partial charge in [-0.25, -0.2) is 5.01 Å². The van der Waals surface area contributed by atoms with Gasteiger partial charge in [0.1, 0.15) is 0 Å². The summed E-state index contributed by atoms with van der Waals surface area (Å²) >= 11 is 0. The minimum atomic E-state index is -1.44. The number of hydrogen-bond donors (Lipinski definition) is 1. The number of imide groups is 1. The first kappa shape index (κ1) is 19.2. The zero-order valence-corrected chi connectivity index (χ0v) is 16.8. The summed E-state index contributed by atoms with van der Waals surface area (Å²) in [6.45, 7) is 0.417.